The van der Waals surface area contributed by atoms with Gasteiger partial charge in [0.1, 0.15) is 5.01 Å². The second-order valence-electron chi connectivity index (χ2n) is 5.00. The summed E-state index contributed by atoms with van der Waals surface area (Å²) in [6.45, 7) is 7.84. The molecule has 4 nitrogen and oxygen atoms in total. The first-order valence-electron chi connectivity index (χ1n) is 5.14. The van der Waals surface area contributed by atoms with Gasteiger partial charge < -0.3 is 10.4 Å². The van der Waals surface area contributed by atoms with E-state index in [9.17, 15) is 4.79 Å². The molecule has 0 saturated heterocycles. The molecule has 0 saturated carbocycles. The predicted octanol–water partition coefficient (Wildman–Crippen LogP) is 2.08. The summed E-state index contributed by atoms with van der Waals surface area (Å²) in [5.41, 5.74) is -1.06. The smallest absolute Gasteiger partial charge is 0.310 e. The first-order valence-corrected chi connectivity index (χ1v) is 6.02. The molecule has 0 fully saturated rings. The Morgan fingerprint density at radius 1 is 1.50 bits per heavy atom. The zero-order valence-corrected chi connectivity index (χ0v) is 10.9. The number of carbonyl (C=O) groups is 1. The summed E-state index contributed by atoms with van der Waals surface area (Å²) >= 11 is 1.57. The zero-order valence-electron chi connectivity index (χ0n) is 10.1. The average Bonchev–Trinajstić information content (AvgIpc) is 2.68. The number of hydrogen-bond donors (Lipinski definition) is 2. The fourth-order valence-corrected chi connectivity index (χ4v) is 1.86. The molecule has 0 bridgehead atoms. The van der Waals surface area contributed by atoms with Gasteiger partial charge in [0.25, 0.3) is 0 Å². The summed E-state index contributed by atoms with van der Waals surface area (Å²) in [6, 6.07) is 0. The van der Waals surface area contributed by atoms with Gasteiger partial charge >= 0.3 is 5.97 Å². The van der Waals surface area contributed by atoms with Crippen LogP contribution in [0.4, 0.5) is 0 Å². The Labute approximate surface area is 99.7 Å². The number of carboxylic acids is 1. The van der Waals surface area contributed by atoms with Gasteiger partial charge in [0.05, 0.1) is 11.0 Å². The lowest BCUT2D eigenvalue weighted by Gasteiger charge is -2.29. The Kier molecular flexibility index (Phi) is 3.70. The van der Waals surface area contributed by atoms with Crippen molar-refractivity contribution in [3.8, 4) is 0 Å². The van der Waals surface area contributed by atoms with E-state index in [0.29, 0.717) is 6.54 Å². The fourth-order valence-electron chi connectivity index (χ4n) is 1.13. The maximum Gasteiger partial charge on any atom is 0.310 e. The van der Waals surface area contributed by atoms with Gasteiger partial charge in [0.2, 0.25) is 0 Å². The molecule has 0 unspecified atom stereocenters. The highest BCUT2D eigenvalue weighted by Crippen LogP contribution is 2.24. The summed E-state index contributed by atoms with van der Waals surface area (Å²) in [5, 5.41) is 15.1. The zero-order chi connectivity index (χ0) is 12.4. The van der Waals surface area contributed by atoms with Crippen LogP contribution >= 0.6 is 11.3 Å². The third-order valence-electron chi connectivity index (χ3n) is 2.52. The van der Waals surface area contributed by atoms with Crippen LogP contribution in [0.1, 0.15) is 32.7 Å². The summed E-state index contributed by atoms with van der Waals surface area (Å²) in [5.74, 6) is -0.796. The molecule has 0 amide bonds. The predicted molar refractivity (Wildman–Crippen MR) is 64.6 cm³/mol. The minimum absolute atomic E-state index is 0.291. The van der Waals surface area contributed by atoms with Crippen LogP contribution < -0.4 is 5.32 Å². The summed E-state index contributed by atoms with van der Waals surface area (Å²) < 4.78 is 0. The number of aromatic nitrogens is 1. The molecule has 0 radical (unpaired) electrons. The quantitative estimate of drug-likeness (QED) is 0.830. The van der Waals surface area contributed by atoms with E-state index in [1.165, 1.54) is 0 Å². The van der Waals surface area contributed by atoms with E-state index in [2.05, 4.69) is 10.3 Å². The Morgan fingerprint density at radius 2 is 2.12 bits per heavy atom. The Morgan fingerprint density at radius 3 is 2.56 bits per heavy atom. The number of nitrogens with one attached hydrogen (secondary N) is 1. The number of thiazole rings is 1. The molecule has 0 atom stereocenters. The number of hydrogen-bond acceptors (Lipinski definition) is 4. The second kappa shape index (κ2) is 4.51. The van der Waals surface area contributed by atoms with Crippen LogP contribution in [0.2, 0.25) is 0 Å². The molecule has 0 spiro atoms. The van der Waals surface area contributed by atoms with Crippen LogP contribution in [0.15, 0.2) is 11.6 Å². The molecule has 0 aromatic carbocycles. The third kappa shape index (κ3) is 3.02. The van der Waals surface area contributed by atoms with Gasteiger partial charge in [-0.2, -0.15) is 0 Å². The lowest BCUT2D eigenvalue weighted by Crippen LogP contribution is -2.44. The van der Waals surface area contributed by atoms with Crippen molar-refractivity contribution in [1.29, 1.82) is 0 Å². The number of nitrogens with zero attached hydrogens (tertiary/aromatic N) is 1. The molecule has 16 heavy (non-hydrogen) atoms. The van der Waals surface area contributed by atoms with Crippen molar-refractivity contribution >= 4 is 17.3 Å². The molecule has 1 aromatic heterocycles. The van der Waals surface area contributed by atoms with Crippen molar-refractivity contribution in [2.45, 2.75) is 33.2 Å². The largest absolute Gasteiger partial charge is 0.481 e. The summed E-state index contributed by atoms with van der Waals surface area (Å²) in [6.07, 6.45) is 1.76. The van der Waals surface area contributed by atoms with Crippen molar-refractivity contribution in [3.63, 3.8) is 0 Å². The van der Waals surface area contributed by atoms with Gasteiger partial charge in [-0.05, 0) is 27.7 Å². The highest BCUT2D eigenvalue weighted by molar-refractivity contribution is 7.09. The van der Waals surface area contributed by atoms with E-state index in [1.807, 2.05) is 19.2 Å². The lowest BCUT2D eigenvalue weighted by atomic mass is 9.92. The van der Waals surface area contributed by atoms with E-state index >= 15 is 0 Å². The first-order chi connectivity index (χ1) is 7.26. The van der Waals surface area contributed by atoms with Gasteiger partial charge in [-0.3, -0.25) is 4.79 Å². The Hall–Kier alpha value is -0.940. The molecule has 0 aliphatic heterocycles. The van der Waals surface area contributed by atoms with Crippen LogP contribution in [-0.2, 0) is 10.3 Å². The fraction of sp³-hybridized carbons (Fsp3) is 0.636. The second-order valence-corrected chi connectivity index (χ2v) is 5.90. The number of carboxylic acid groups (broad SMARTS) is 1. The van der Waals surface area contributed by atoms with Crippen LogP contribution in [-0.4, -0.2) is 22.6 Å². The number of rotatable bonds is 5. The van der Waals surface area contributed by atoms with E-state index in [-0.39, 0.29) is 5.54 Å². The van der Waals surface area contributed by atoms with Crippen LogP contribution in [0.3, 0.4) is 0 Å². The highest BCUT2D eigenvalue weighted by Gasteiger charge is 2.31. The van der Waals surface area contributed by atoms with Gasteiger partial charge in [-0.25, -0.2) is 4.98 Å². The van der Waals surface area contributed by atoms with Gasteiger partial charge in [0, 0.05) is 18.1 Å². The van der Waals surface area contributed by atoms with E-state index < -0.39 is 11.4 Å². The van der Waals surface area contributed by atoms with Gasteiger partial charge in [0.15, 0.2) is 0 Å². The molecule has 90 valence electrons. The minimum Gasteiger partial charge on any atom is -0.481 e. The molecular weight excluding hydrogens is 224 g/mol. The SMILES string of the molecule is CC(C)(CNC(C)(C)c1nccs1)C(=O)O. The highest BCUT2D eigenvalue weighted by atomic mass is 32.1. The normalized spacial score (nSPS) is 12.8. The number of aliphatic carboxylic acids is 1. The maximum atomic E-state index is 11.0. The minimum atomic E-state index is -0.796. The summed E-state index contributed by atoms with van der Waals surface area (Å²) in [4.78, 5) is 15.2. The van der Waals surface area contributed by atoms with Gasteiger partial charge in [-0.1, -0.05) is 0 Å². The molecule has 0 aliphatic rings. The van der Waals surface area contributed by atoms with Crippen molar-refractivity contribution in [1.82, 2.24) is 10.3 Å². The van der Waals surface area contributed by atoms with E-state index in [1.54, 1.807) is 31.4 Å². The van der Waals surface area contributed by atoms with E-state index in [4.69, 9.17) is 5.11 Å². The molecule has 5 heteroatoms. The summed E-state index contributed by atoms with van der Waals surface area (Å²) in [7, 11) is 0. The van der Waals surface area contributed by atoms with Crippen LogP contribution in [0.25, 0.3) is 0 Å². The maximum absolute atomic E-state index is 11.0. The monoisotopic (exact) mass is 242 g/mol. The average molecular weight is 242 g/mol. The van der Waals surface area contributed by atoms with Crippen molar-refractivity contribution in [3.05, 3.63) is 16.6 Å². The van der Waals surface area contributed by atoms with Crippen LogP contribution in [0, 0.1) is 5.41 Å². The van der Waals surface area contributed by atoms with Crippen molar-refractivity contribution in [2.24, 2.45) is 5.41 Å². The topological polar surface area (TPSA) is 62.2 Å². The molecule has 1 heterocycles. The molecule has 0 aliphatic carbocycles. The Balaban J connectivity index is 2.65. The Bertz CT molecular complexity index is 358. The molecule has 2 N–H and O–H groups in total. The third-order valence-corrected chi connectivity index (χ3v) is 3.61. The standard InChI is InChI=1S/C11H18N2O2S/c1-10(2,9(14)15)7-13-11(3,4)8-12-5-6-16-8/h5-6,13H,7H2,1-4H3,(H,14,15). The molecule has 1 rings (SSSR count). The van der Waals surface area contributed by atoms with Crippen LogP contribution in [0.5, 0.6) is 0 Å². The van der Waals surface area contributed by atoms with Crippen molar-refractivity contribution < 1.29 is 9.90 Å². The van der Waals surface area contributed by atoms with E-state index in [0.717, 1.165) is 5.01 Å². The first kappa shape index (κ1) is 13.1. The molecular formula is C11H18N2O2S. The van der Waals surface area contributed by atoms with Crippen molar-refractivity contribution in [2.75, 3.05) is 6.54 Å². The van der Waals surface area contributed by atoms with Gasteiger partial charge in [-0.15, -0.1) is 11.3 Å². The lowest BCUT2D eigenvalue weighted by molar-refractivity contribution is -0.146. The molecule has 1 aromatic rings.